The van der Waals surface area contributed by atoms with Crippen LogP contribution in [-0.2, 0) is 0 Å². The van der Waals surface area contributed by atoms with E-state index in [2.05, 4.69) is 30.5 Å². The highest BCUT2D eigenvalue weighted by Gasteiger charge is 1.95. The molecule has 0 saturated carbocycles. The SMILES string of the molecule is CN(C)CCN[SiH](C)Cl. The molecular weight excluding hydrogens is 152 g/mol. The molecule has 0 saturated heterocycles. The summed E-state index contributed by atoms with van der Waals surface area (Å²) in [5, 5.41) is 0. The van der Waals surface area contributed by atoms with E-state index in [1.54, 1.807) is 0 Å². The van der Waals surface area contributed by atoms with Crippen molar-refractivity contribution in [2.24, 2.45) is 0 Å². The van der Waals surface area contributed by atoms with E-state index in [9.17, 15) is 0 Å². The largest absolute Gasteiger partial charge is 0.327 e. The Balaban J connectivity index is 2.91. The first-order valence-corrected chi connectivity index (χ1v) is 6.63. The second-order valence-electron chi connectivity index (χ2n) is 2.37. The van der Waals surface area contributed by atoms with Crippen LogP contribution in [0.5, 0.6) is 0 Å². The van der Waals surface area contributed by atoms with Crippen molar-refractivity contribution in [3.8, 4) is 0 Å². The van der Waals surface area contributed by atoms with Gasteiger partial charge in [0.1, 0.15) is 0 Å². The zero-order valence-corrected chi connectivity index (χ0v) is 8.23. The lowest BCUT2D eigenvalue weighted by atomic mass is 10.6. The molecule has 1 N–H and O–H groups in total. The predicted octanol–water partition coefficient (Wildman–Crippen LogP) is 0.227. The third-order valence-corrected chi connectivity index (χ3v) is 2.30. The fourth-order valence-electron chi connectivity index (χ4n) is 0.487. The third kappa shape index (κ3) is 8.43. The molecule has 0 spiro atoms. The summed E-state index contributed by atoms with van der Waals surface area (Å²) in [7, 11) is 3.08. The molecule has 0 aromatic heterocycles. The minimum Gasteiger partial charge on any atom is -0.327 e. The van der Waals surface area contributed by atoms with Crippen molar-refractivity contribution in [3.05, 3.63) is 0 Å². The lowest BCUT2D eigenvalue weighted by Gasteiger charge is -2.10. The summed E-state index contributed by atoms with van der Waals surface area (Å²) in [5.41, 5.74) is 0. The summed E-state index contributed by atoms with van der Waals surface area (Å²) in [6.07, 6.45) is 0. The van der Waals surface area contributed by atoms with Crippen molar-refractivity contribution in [2.75, 3.05) is 27.2 Å². The molecule has 1 unspecified atom stereocenters. The van der Waals surface area contributed by atoms with Crippen molar-refractivity contribution >= 4 is 19.3 Å². The molecule has 0 aliphatic heterocycles. The maximum atomic E-state index is 5.77. The van der Waals surface area contributed by atoms with E-state index in [1.165, 1.54) is 0 Å². The average molecular weight is 167 g/mol. The van der Waals surface area contributed by atoms with Gasteiger partial charge in [-0.25, -0.2) is 0 Å². The summed E-state index contributed by atoms with van der Waals surface area (Å²) in [6.45, 7) is 4.16. The van der Waals surface area contributed by atoms with E-state index < -0.39 is 8.27 Å². The smallest absolute Gasteiger partial charge is 0.208 e. The lowest BCUT2D eigenvalue weighted by molar-refractivity contribution is 0.414. The summed E-state index contributed by atoms with van der Waals surface area (Å²) in [6, 6.07) is 0. The van der Waals surface area contributed by atoms with Crippen molar-refractivity contribution in [1.82, 2.24) is 9.88 Å². The molecule has 0 aliphatic carbocycles. The van der Waals surface area contributed by atoms with Crippen LogP contribution in [0, 0.1) is 0 Å². The molecule has 0 amide bonds. The van der Waals surface area contributed by atoms with Gasteiger partial charge in [0, 0.05) is 13.1 Å². The van der Waals surface area contributed by atoms with E-state index in [-0.39, 0.29) is 0 Å². The maximum absolute atomic E-state index is 5.77. The van der Waals surface area contributed by atoms with Crippen molar-refractivity contribution in [3.63, 3.8) is 0 Å². The van der Waals surface area contributed by atoms with Crippen molar-refractivity contribution < 1.29 is 0 Å². The van der Waals surface area contributed by atoms with Gasteiger partial charge in [-0.2, -0.15) is 11.1 Å². The van der Waals surface area contributed by atoms with Gasteiger partial charge in [-0.1, -0.05) is 0 Å². The average Bonchev–Trinajstić information content (AvgIpc) is 1.63. The molecule has 0 heterocycles. The standard InChI is InChI=1S/C5H15ClN2Si/c1-8(2)5-4-7-9(3)6/h7,9H,4-5H2,1-3H3. The Labute approximate surface area is 63.6 Å². The topological polar surface area (TPSA) is 15.3 Å². The number of halogens is 1. The second-order valence-corrected chi connectivity index (χ2v) is 5.98. The first-order valence-electron chi connectivity index (χ1n) is 3.15. The Kier molecular flexibility index (Phi) is 5.48. The van der Waals surface area contributed by atoms with Crippen LogP contribution in [0.1, 0.15) is 0 Å². The summed E-state index contributed by atoms with van der Waals surface area (Å²) >= 11 is 5.77. The number of hydrogen-bond donors (Lipinski definition) is 1. The molecule has 0 aromatic carbocycles. The van der Waals surface area contributed by atoms with E-state index >= 15 is 0 Å². The first kappa shape index (κ1) is 9.43. The summed E-state index contributed by atoms with van der Waals surface area (Å²) in [5.74, 6) is 0. The van der Waals surface area contributed by atoms with E-state index in [1.807, 2.05) is 0 Å². The van der Waals surface area contributed by atoms with Gasteiger partial charge in [0.2, 0.25) is 8.27 Å². The summed E-state index contributed by atoms with van der Waals surface area (Å²) < 4.78 is 0. The Morgan fingerprint density at radius 3 is 2.44 bits per heavy atom. The number of rotatable bonds is 4. The van der Waals surface area contributed by atoms with Gasteiger partial charge >= 0.3 is 0 Å². The molecular formula is C5H15ClN2Si. The molecule has 4 heteroatoms. The Bertz CT molecular complexity index is 60.0. The Hall–Kier alpha value is 0.427. The van der Waals surface area contributed by atoms with Crippen LogP contribution in [-0.4, -0.2) is 40.4 Å². The van der Waals surface area contributed by atoms with Crippen LogP contribution < -0.4 is 4.98 Å². The number of likely N-dealkylation sites (N-methyl/N-ethyl adjacent to an activating group) is 1. The van der Waals surface area contributed by atoms with E-state index in [0.29, 0.717) is 0 Å². The normalized spacial score (nSPS) is 14.3. The third-order valence-electron chi connectivity index (χ3n) is 0.985. The van der Waals surface area contributed by atoms with Crippen molar-refractivity contribution in [1.29, 1.82) is 0 Å². The predicted molar refractivity (Wildman–Crippen MR) is 45.4 cm³/mol. The molecule has 0 fully saturated rings. The van der Waals surface area contributed by atoms with Crippen molar-refractivity contribution in [2.45, 2.75) is 6.55 Å². The van der Waals surface area contributed by atoms with Gasteiger partial charge in [0.15, 0.2) is 0 Å². The van der Waals surface area contributed by atoms with E-state index in [4.69, 9.17) is 11.1 Å². The Morgan fingerprint density at radius 2 is 2.11 bits per heavy atom. The van der Waals surface area contributed by atoms with Gasteiger partial charge in [0.05, 0.1) is 0 Å². The quantitative estimate of drug-likeness (QED) is 0.475. The Morgan fingerprint density at radius 1 is 1.56 bits per heavy atom. The maximum Gasteiger partial charge on any atom is 0.208 e. The first-order chi connectivity index (χ1) is 4.13. The molecule has 0 bridgehead atoms. The fraction of sp³-hybridized carbons (Fsp3) is 1.00. The van der Waals surface area contributed by atoms with Gasteiger partial charge in [0.25, 0.3) is 0 Å². The monoisotopic (exact) mass is 166 g/mol. The van der Waals surface area contributed by atoms with Crippen LogP contribution in [0.15, 0.2) is 0 Å². The van der Waals surface area contributed by atoms with Crippen LogP contribution in [0.2, 0.25) is 6.55 Å². The van der Waals surface area contributed by atoms with Crippen LogP contribution in [0.3, 0.4) is 0 Å². The molecule has 2 nitrogen and oxygen atoms in total. The molecule has 0 aromatic rings. The van der Waals surface area contributed by atoms with E-state index in [0.717, 1.165) is 13.1 Å². The van der Waals surface area contributed by atoms with Gasteiger partial charge in [-0.15, -0.1) is 0 Å². The van der Waals surface area contributed by atoms with Gasteiger partial charge in [-0.3, -0.25) is 0 Å². The highest BCUT2D eigenvalue weighted by Crippen LogP contribution is 1.80. The molecule has 0 aliphatic rings. The number of nitrogens with one attached hydrogen (secondary N) is 1. The molecule has 0 rings (SSSR count). The number of nitrogens with zero attached hydrogens (tertiary/aromatic N) is 1. The minimum absolute atomic E-state index is 1.02. The fourth-order valence-corrected chi connectivity index (χ4v) is 1.34. The van der Waals surface area contributed by atoms with Crippen LogP contribution in [0.25, 0.3) is 0 Å². The molecule has 1 atom stereocenters. The molecule has 9 heavy (non-hydrogen) atoms. The molecule has 56 valence electrons. The minimum atomic E-state index is -1.03. The second kappa shape index (κ2) is 5.23. The molecule has 0 radical (unpaired) electrons. The number of hydrogen-bond acceptors (Lipinski definition) is 2. The van der Waals surface area contributed by atoms with Crippen LogP contribution in [0.4, 0.5) is 0 Å². The van der Waals surface area contributed by atoms with Crippen LogP contribution >= 0.6 is 11.1 Å². The highest BCUT2D eigenvalue weighted by molar-refractivity contribution is 7.04. The van der Waals surface area contributed by atoms with Gasteiger partial charge in [-0.05, 0) is 20.6 Å². The summed E-state index contributed by atoms with van der Waals surface area (Å²) in [4.78, 5) is 5.38. The highest BCUT2D eigenvalue weighted by atomic mass is 35.6. The van der Waals surface area contributed by atoms with Gasteiger partial charge < -0.3 is 9.88 Å². The zero-order valence-electron chi connectivity index (χ0n) is 6.32. The zero-order chi connectivity index (χ0) is 7.28. The lowest BCUT2D eigenvalue weighted by Crippen LogP contribution is -2.32.